The Balaban J connectivity index is 2.88. The van der Waals surface area contributed by atoms with Crippen molar-refractivity contribution in [2.45, 2.75) is 6.92 Å². The minimum atomic E-state index is 0.476. The summed E-state index contributed by atoms with van der Waals surface area (Å²) >= 11 is 5.92. The number of carbonyl (C=O) groups is 1. The van der Waals surface area contributed by atoms with Crippen LogP contribution in [0.15, 0.2) is 12.1 Å². The summed E-state index contributed by atoms with van der Waals surface area (Å²) in [4.78, 5) is 10.7. The molecule has 0 bridgehead atoms. The molecule has 0 fully saturated rings. The molecule has 0 saturated carbocycles. The maximum Gasteiger partial charge on any atom is 0.151 e. The molecule has 0 amide bonds. The summed E-state index contributed by atoms with van der Waals surface area (Å²) in [5.41, 5.74) is 2.35. The molecule has 72 valence electrons. The van der Waals surface area contributed by atoms with Gasteiger partial charge in [-0.25, -0.2) is 0 Å². The molecule has 1 aromatic carbocycles. The number of nitrogens with zero attached hydrogens (tertiary/aromatic N) is 2. The molecule has 4 heteroatoms. The molecular weight excluding hydrogens is 200 g/mol. The first kappa shape index (κ1) is 9.21. The SMILES string of the molecule is Cc1nn(C)c2cc(C=O)c(Cl)cc12. The second-order valence-electron chi connectivity index (χ2n) is 3.22. The molecule has 3 nitrogen and oxygen atoms in total. The van der Waals surface area contributed by atoms with Gasteiger partial charge in [-0.05, 0) is 19.1 Å². The molecule has 0 aliphatic carbocycles. The Morgan fingerprint density at radius 1 is 1.50 bits per heavy atom. The number of aromatic nitrogens is 2. The van der Waals surface area contributed by atoms with E-state index in [1.807, 2.05) is 14.0 Å². The van der Waals surface area contributed by atoms with E-state index in [0.29, 0.717) is 10.6 Å². The first-order chi connectivity index (χ1) is 6.63. The average Bonchev–Trinajstić information content (AvgIpc) is 2.41. The van der Waals surface area contributed by atoms with Gasteiger partial charge in [0.15, 0.2) is 6.29 Å². The van der Waals surface area contributed by atoms with Crippen LogP contribution in [0.1, 0.15) is 16.1 Å². The molecule has 1 aromatic heterocycles. The molecule has 0 unspecified atom stereocenters. The van der Waals surface area contributed by atoms with Gasteiger partial charge in [-0.15, -0.1) is 0 Å². The number of benzene rings is 1. The van der Waals surface area contributed by atoms with Crippen LogP contribution >= 0.6 is 11.6 Å². The molecule has 0 atom stereocenters. The molecule has 0 N–H and O–H groups in total. The van der Waals surface area contributed by atoms with Crippen LogP contribution in [-0.4, -0.2) is 16.1 Å². The fourth-order valence-corrected chi connectivity index (χ4v) is 1.77. The Labute approximate surface area is 86.3 Å². The molecule has 2 aromatic rings. The summed E-state index contributed by atoms with van der Waals surface area (Å²) in [5.74, 6) is 0. The van der Waals surface area contributed by atoms with Gasteiger partial charge in [0.25, 0.3) is 0 Å². The normalized spacial score (nSPS) is 10.8. The van der Waals surface area contributed by atoms with E-state index < -0.39 is 0 Å². The molecule has 0 radical (unpaired) electrons. The largest absolute Gasteiger partial charge is 0.298 e. The van der Waals surface area contributed by atoms with Crippen LogP contribution in [0.25, 0.3) is 10.9 Å². The van der Waals surface area contributed by atoms with Gasteiger partial charge in [0, 0.05) is 18.0 Å². The van der Waals surface area contributed by atoms with Gasteiger partial charge in [0.2, 0.25) is 0 Å². The third-order valence-corrected chi connectivity index (χ3v) is 2.61. The smallest absolute Gasteiger partial charge is 0.151 e. The average molecular weight is 209 g/mol. The zero-order chi connectivity index (χ0) is 10.3. The standard InChI is InChI=1S/C10H9ClN2O/c1-6-8-4-9(11)7(5-14)3-10(8)13(2)12-6/h3-5H,1-2H3. The maximum absolute atomic E-state index is 10.7. The molecule has 2 rings (SSSR count). The van der Waals surface area contributed by atoms with Crippen molar-refractivity contribution in [2.75, 3.05) is 0 Å². The highest BCUT2D eigenvalue weighted by Gasteiger charge is 2.08. The van der Waals surface area contributed by atoms with Crippen LogP contribution in [0.5, 0.6) is 0 Å². The van der Waals surface area contributed by atoms with Crippen molar-refractivity contribution >= 4 is 28.8 Å². The van der Waals surface area contributed by atoms with Crippen LogP contribution in [0, 0.1) is 6.92 Å². The summed E-state index contributed by atoms with van der Waals surface area (Å²) in [6.07, 6.45) is 0.754. The first-order valence-corrected chi connectivity index (χ1v) is 4.59. The monoisotopic (exact) mass is 208 g/mol. The molecule has 0 aliphatic rings. The van der Waals surface area contributed by atoms with E-state index in [9.17, 15) is 4.79 Å². The molecule has 0 aliphatic heterocycles. The third-order valence-electron chi connectivity index (χ3n) is 2.28. The van der Waals surface area contributed by atoms with Gasteiger partial charge in [-0.1, -0.05) is 11.6 Å². The Kier molecular flexibility index (Phi) is 2.04. The van der Waals surface area contributed by atoms with E-state index in [-0.39, 0.29) is 0 Å². The van der Waals surface area contributed by atoms with Crippen molar-refractivity contribution in [2.24, 2.45) is 7.05 Å². The highest BCUT2D eigenvalue weighted by atomic mass is 35.5. The number of hydrogen-bond donors (Lipinski definition) is 0. The number of aldehydes is 1. The number of halogens is 1. The van der Waals surface area contributed by atoms with Gasteiger partial charge in [-0.3, -0.25) is 9.48 Å². The highest BCUT2D eigenvalue weighted by Crippen LogP contribution is 2.24. The van der Waals surface area contributed by atoms with Gasteiger partial charge in [0.1, 0.15) is 0 Å². The van der Waals surface area contributed by atoms with E-state index in [1.165, 1.54) is 0 Å². The second-order valence-corrected chi connectivity index (χ2v) is 3.62. The zero-order valence-corrected chi connectivity index (χ0v) is 8.67. The molecule has 0 spiro atoms. The molecule has 0 saturated heterocycles. The summed E-state index contributed by atoms with van der Waals surface area (Å²) < 4.78 is 1.74. The fourth-order valence-electron chi connectivity index (χ4n) is 1.56. The number of rotatable bonds is 1. The van der Waals surface area contributed by atoms with E-state index in [0.717, 1.165) is 22.9 Å². The van der Waals surface area contributed by atoms with Gasteiger partial charge in [0.05, 0.1) is 16.2 Å². The maximum atomic E-state index is 10.7. The van der Waals surface area contributed by atoms with Crippen molar-refractivity contribution in [3.8, 4) is 0 Å². The second kappa shape index (κ2) is 3.10. The van der Waals surface area contributed by atoms with Crippen LogP contribution < -0.4 is 0 Å². The van der Waals surface area contributed by atoms with Crippen LogP contribution in [-0.2, 0) is 7.05 Å². The number of fused-ring (bicyclic) bond motifs is 1. The predicted molar refractivity (Wildman–Crippen MR) is 55.8 cm³/mol. The van der Waals surface area contributed by atoms with E-state index >= 15 is 0 Å². The Morgan fingerprint density at radius 3 is 2.86 bits per heavy atom. The highest BCUT2D eigenvalue weighted by molar-refractivity contribution is 6.33. The van der Waals surface area contributed by atoms with Crippen molar-refractivity contribution in [1.82, 2.24) is 9.78 Å². The van der Waals surface area contributed by atoms with Crippen LogP contribution in [0.2, 0.25) is 5.02 Å². The van der Waals surface area contributed by atoms with Crippen molar-refractivity contribution in [3.63, 3.8) is 0 Å². The summed E-state index contributed by atoms with van der Waals surface area (Å²) in [7, 11) is 1.85. The topological polar surface area (TPSA) is 34.9 Å². The van der Waals surface area contributed by atoms with Gasteiger partial charge >= 0.3 is 0 Å². The quantitative estimate of drug-likeness (QED) is 0.675. The van der Waals surface area contributed by atoms with Crippen LogP contribution in [0.4, 0.5) is 0 Å². The lowest BCUT2D eigenvalue weighted by molar-refractivity contribution is 0.112. The van der Waals surface area contributed by atoms with E-state index in [2.05, 4.69) is 5.10 Å². The predicted octanol–water partition coefficient (Wildman–Crippen LogP) is 2.35. The lowest BCUT2D eigenvalue weighted by Gasteiger charge is -1.98. The molecule has 1 heterocycles. The summed E-state index contributed by atoms with van der Waals surface area (Å²) in [5, 5.41) is 5.71. The van der Waals surface area contributed by atoms with Crippen LogP contribution in [0.3, 0.4) is 0 Å². The fraction of sp³-hybridized carbons (Fsp3) is 0.200. The Hall–Kier alpha value is -1.35. The number of carbonyl (C=O) groups excluding carboxylic acids is 1. The van der Waals surface area contributed by atoms with Gasteiger partial charge < -0.3 is 0 Å². The molecule has 14 heavy (non-hydrogen) atoms. The van der Waals surface area contributed by atoms with E-state index in [4.69, 9.17) is 11.6 Å². The number of aryl methyl sites for hydroxylation is 2. The lowest BCUT2D eigenvalue weighted by atomic mass is 10.1. The van der Waals surface area contributed by atoms with Crippen molar-refractivity contribution in [3.05, 3.63) is 28.4 Å². The number of hydrogen-bond acceptors (Lipinski definition) is 2. The lowest BCUT2D eigenvalue weighted by Crippen LogP contribution is -1.90. The minimum absolute atomic E-state index is 0.476. The van der Waals surface area contributed by atoms with Crippen molar-refractivity contribution in [1.29, 1.82) is 0 Å². The third kappa shape index (κ3) is 1.21. The van der Waals surface area contributed by atoms with E-state index in [1.54, 1.807) is 16.8 Å². The summed E-state index contributed by atoms with van der Waals surface area (Å²) in [6.45, 7) is 1.92. The zero-order valence-electron chi connectivity index (χ0n) is 7.91. The minimum Gasteiger partial charge on any atom is -0.298 e. The summed E-state index contributed by atoms with van der Waals surface area (Å²) in [6, 6.07) is 3.54. The Morgan fingerprint density at radius 2 is 2.21 bits per heavy atom. The van der Waals surface area contributed by atoms with Gasteiger partial charge in [-0.2, -0.15) is 5.10 Å². The first-order valence-electron chi connectivity index (χ1n) is 4.21. The van der Waals surface area contributed by atoms with Crippen molar-refractivity contribution < 1.29 is 4.79 Å². The Bertz CT molecular complexity index is 516. The molecular formula is C10H9ClN2O.